The van der Waals surface area contributed by atoms with Gasteiger partial charge in [0.15, 0.2) is 5.82 Å². The molecular weight excluding hydrogens is 629 g/mol. The molecule has 52 heavy (non-hydrogen) atoms. The van der Waals surface area contributed by atoms with Gasteiger partial charge in [0, 0.05) is 22.1 Å². The van der Waals surface area contributed by atoms with E-state index in [-0.39, 0.29) is 5.41 Å². The highest BCUT2D eigenvalue weighted by atomic mass is 14.9. The van der Waals surface area contributed by atoms with Gasteiger partial charge < -0.3 is 0 Å². The Morgan fingerprint density at radius 2 is 0.808 bits per heavy atom. The van der Waals surface area contributed by atoms with Crippen LogP contribution in [0.15, 0.2) is 182 Å². The minimum atomic E-state index is -0.462. The van der Waals surface area contributed by atoms with Gasteiger partial charge in [0.25, 0.3) is 0 Å². The molecule has 2 nitrogen and oxygen atoms in total. The molecular formula is C50H36N2. The molecule has 0 unspecified atom stereocenters. The van der Waals surface area contributed by atoms with Crippen LogP contribution in [0.5, 0.6) is 0 Å². The second kappa shape index (κ2) is 11.6. The van der Waals surface area contributed by atoms with Crippen molar-refractivity contribution in [3.63, 3.8) is 0 Å². The molecule has 0 fully saturated rings. The quantitative estimate of drug-likeness (QED) is 0.187. The highest BCUT2D eigenvalue weighted by Gasteiger charge is 2.53. The van der Waals surface area contributed by atoms with Crippen molar-refractivity contribution in [2.45, 2.75) is 24.7 Å². The fraction of sp³-hybridized carbons (Fsp3) is 0.0800. The molecule has 0 saturated heterocycles. The first-order valence-electron chi connectivity index (χ1n) is 18.1. The Bertz CT molecular complexity index is 2590. The van der Waals surface area contributed by atoms with Crippen molar-refractivity contribution in [3.05, 3.63) is 215 Å². The van der Waals surface area contributed by atoms with Gasteiger partial charge in [-0.15, -0.1) is 0 Å². The zero-order valence-electron chi connectivity index (χ0n) is 29.2. The zero-order chi connectivity index (χ0) is 34.9. The Morgan fingerprint density at radius 3 is 1.46 bits per heavy atom. The lowest BCUT2D eigenvalue weighted by Gasteiger charge is -2.47. The second-order valence-corrected chi connectivity index (χ2v) is 14.5. The summed E-state index contributed by atoms with van der Waals surface area (Å²) in [5.74, 6) is 0.717. The minimum Gasteiger partial charge on any atom is -0.228 e. The fourth-order valence-corrected chi connectivity index (χ4v) is 9.12. The Balaban J connectivity index is 1.25. The molecule has 2 aliphatic rings. The molecule has 246 valence electrons. The van der Waals surface area contributed by atoms with Crippen molar-refractivity contribution in [1.29, 1.82) is 0 Å². The number of aromatic nitrogens is 2. The van der Waals surface area contributed by atoms with Crippen LogP contribution in [0.3, 0.4) is 0 Å². The van der Waals surface area contributed by atoms with Gasteiger partial charge in [0.2, 0.25) is 0 Å². The van der Waals surface area contributed by atoms with Crippen LogP contribution in [0.4, 0.5) is 0 Å². The molecule has 1 heterocycles. The molecule has 0 bridgehead atoms. The van der Waals surface area contributed by atoms with E-state index in [1.165, 1.54) is 55.6 Å². The number of nitrogens with zero attached hydrogens (tertiary/aromatic N) is 2. The number of rotatable bonds is 4. The first-order chi connectivity index (χ1) is 25.5. The van der Waals surface area contributed by atoms with Gasteiger partial charge in [-0.3, -0.25) is 0 Å². The average molecular weight is 665 g/mol. The third-order valence-corrected chi connectivity index (χ3v) is 11.4. The van der Waals surface area contributed by atoms with Crippen molar-refractivity contribution in [2.75, 3.05) is 0 Å². The first-order valence-corrected chi connectivity index (χ1v) is 18.1. The van der Waals surface area contributed by atoms with Crippen LogP contribution < -0.4 is 0 Å². The Morgan fingerprint density at radius 1 is 0.346 bits per heavy atom. The second-order valence-electron chi connectivity index (χ2n) is 14.5. The van der Waals surface area contributed by atoms with E-state index in [1.54, 1.807) is 0 Å². The highest BCUT2D eigenvalue weighted by Crippen LogP contribution is 2.63. The molecule has 0 amide bonds. The zero-order valence-corrected chi connectivity index (χ0v) is 29.2. The summed E-state index contributed by atoms with van der Waals surface area (Å²) >= 11 is 0. The first kappa shape index (κ1) is 30.4. The summed E-state index contributed by atoms with van der Waals surface area (Å²) in [4.78, 5) is 10.6. The maximum absolute atomic E-state index is 5.42. The lowest BCUT2D eigenvalue weighted by molar-refractivity contribution is 0.564. The summed E-state index contributed by atoms with van der Waals surface area (Å²) in [5.41, 5.74) is 17.2. The van der Waals surface area contributed by atoms with Crippen LogP contribution in [-0.4, -0.2) is 9.97 Å². The third-order valence-electron chi connectivity index (χ3n) is 11.4. The van der Waals surface area contributed by atoms with Crippen molar-refractivity contribution < 1.29 is 0 Å². The Labute approximate surface area is 305 Å². The van der Waals surface area contributed by atoms with Gasteiger partial charge in [0.1, 0.15) is 0 Å². The smallest absolute Gasteiger partial charge is 0.160 e. The van der Waals surface area contributed by atoms with E-state index in [4.69, 9.17) is 9.97 Å². The molecule has 8 aromatic rings. The predicted octanol–water partition coefficient (Wildman–Crippen LogP) is 12.1. The number of benzene rings is 7. The molecule has 1 aromatic heterocycles. The molecule has 0 saturated carbocycles. The Hall–Kier alpha value is -6.38. The lowest BCUT2D eigenvalue weighted by Crippen LogP contribution is -2.41. The molecule has 2 aliphatic carbocycles. The highest BCUT2D eigenvalue weighted by molar-refractivity contribution is 5.90. The van der Waals surface area contributed by atoms with E-state index >= 15 is 0 Å². The monoisotopic (exact) mass is 664 g/mol. The number of fused-ring (bicyclic) bond motifs is 9. The van der Waals surface area contributed by atoms with Crippen molar-refractivity contribution in [1.82, 2.24) is 9.97 Å². The van der Waals surface area contributed by atoms with Crippen LogP contribution in [-0.2, 0) is 10.8 Å². The van der Waals surface area contributed by atoms with Crippen LogP contribution in [0.25, 0.3) is 56.2 Å². The lowest BCUT2D eigenvalue weighted by atomic mass is 9.54. The van der Waals surface area contributed by atoms with E-state index in [9.17, 15) is 0 Å². The fourth-order valence-electron chi connectivity index (χ4n) is 9.12. The largest absolute Gasteiger partial charge is 0.228 e. The van der Waals surface area contributed by atoms with Crippen LogP contribution in [0.2, 0.25) is 0 Å². The molecule has 7 aromatic carbocycles. The third kappa shape index (κ3) is 4.37. The van der Waals surface area contributed by atoms with Crippen LogP contribution >= 0.6 is 0 Å². The summed E-state index contributed by atoms with van der Waals surface area (Å²) in [6.45, 7) is 4.77. The van der Waals surface area contributed by atoms with Crippen molar-refractivity contribution in [2.24, 2.45) is 0 Å². The van der Waals surface area contributed by atoms with Crippen molar-refractivity contribution in [3.8, 4) is 56.2 Å². The summed E-state index contributed by atoms with van der Waals surface area (Å²) in [7, 11) is 0. The van der Waals surface area contributed by atoms with Crippen LogP contribution in [0, 0.1) is 0 Å². The summed E-state index contributed by atoms with van der Waals surface area (Å²) in [5, 5.41) is 0. The van der Waals surface area contributed by atoms with Gasteiger partial charge in [-0.25, -0.2) is 9.97 Å². The van der Waals surface area contributed by atoms with Crippen LogP contribution in [0.1, 0.15) is 47.2 Å². The van der Waals surface area contributed by atoms with Gasteiger partial charge in [-0.1, -0.05) is 190 Å². The summed E-state index contributed by atoms with van der Waals surface area (Å²) < 4.78 is 0. The van der Waals surface area contributed by atoms with Gasteiger partial charge in [-0.2, -0.15) is 0 Å². The normalized spacial score (nSPS) is 14.3. The molecule has 1 spiro atoms. The van der Waals surface area contributed by atoms with E-state index in [0.717, 1.165) is 28.1 Å². The number of hydrogen-bond acceptors (Lipinski definition) is 2. The van der Waals surface area contributed by atoms with E-state index in [2.05, 4.69) is 196 Å². The molecule has 0 atom stereocenters. The standard InChI is InChI=1S/C50H36N2/c1-49(2)42-25-13-14-26-43(42)50(40-23-11-9-20-37(40)38-21-10-12-24-41(38)50)44-27-15-22-39(47(44)49)46-32-45(35-18-7-4-8-19-35)51-48(52-46)36-30-28-34(29-31-36)33-16-5-3-6-17-33/h3-32H,1-2H3. The van der Waals surface area contributed by atoms with E-state index in [0.29, 0.717) is 5.82 Å². The molecule has 0 N–H and O–H groups in total. The molecule has 10 rings (SSSR count). The number of hydrogen-bond donors (Lipinski definition) is 0. The summed E-state index contributed by atoms with van der Waals surface area (Å²) in [6.07, 6.45) is 0. The average Bonchev–Trinajstić information content (AvgIpc) is 3.51. The maximum atomic E-state index is 5.42. The maximum Gasteiger partial charge on any atom is 0.160 e. The van der Waals surface area contributed by atoms with Gasteiger partial charge in [-0.05, 0) is 61.7 Å². The molecule has 2 heteroatoms. The van der Waals surface area contributed by atoms with E-state index in [1.807, 2.05) is 0 Å². The minimum absolute atomic E-state index is 0.310. The SMILES string of the molecule is CC1(C)c2ccccc2C2(c3ccccc3-c3ccccc32)c2cccc(-c3cc(-c4ccccc4)nc(-c4ccc(-c5ccccc5)cc4)n3)c21. The van der Waals surface area contributed by atoms with E-state index < -0.39 is 5.41 Å². The molecule has 0 radical (unpaired) electrons. The summed E-state index contributed by atoms with van der Waals surface area (Å²) in [6, 6.07) is 65.8. The molecule has 0 aliphatic heterocycles. The van der Waals surface area contributed by atoms with Gasteiger partial charge >= 0.3 is 0 Å². The van der Waals surface area contributed by atoms with Gasteiger partial charge in [0.05, 0.1) is 16.8 Å². The topological polar surface area (TPSA) is 25.8 Å². The van der Waals surface area contributed by atoms with Crippen molar-refractivity contribution >= 4 is 0 Å². The Kier molecular flexibility index (Phi) is 6.78. The predicted molar refractivity (Wildman–Crippen MR) is 213 cm³/mol.